The van der Waals surface area contributed by atoms with Crippen LogP contribution in [-0.4, -0.2) is 44.2 Å². The molecule has 0 aromatic rings. The van der Waals surface area contributed by atoms with Crippen LogP contribution in [-0.2, 0) is 10.0 Å². The van der Waals surface area contributed by atoms with Crippen molar-refractivity contribution in [3.8, 4) is 0 Å². The van der Waals surface area contributed by atoms with Crippen molar-refractivity contribution in [2.45, 2.75) is 53.5 Å². The number of nitrogens with one attached hydrogen (secondary N) is 1. The summed E-state index contributed by atoms with van der Waals surface area (Å²) >= 11 is 0. The van der Waals surface area contributed by atoms with Gasteiger partial charge in [-0.2, -0.15) is 0 Å². The van der Waals surface area contributed by atoms with Gasteiger partial charge in [0.05, 0.1) is 5.75 Å². The fraction of sp³-hybridized carbons (Fsp3) is 1.00. The van der Waals surface area contributed by atoms with E-state index in [0.29, 0.717) is 25.0 Å². The monoisotopic (exact) mass is 290 g/mol. The average Bonchev–Trinajstić information content (AvgIpc) is 2.26. The van der Waals surface area contributed by atoms with E-state index in [-0.39, 0.29) is 11.2 Å². The van der Waals surface area contributed by atoms with Gasteiger partial charge in [0.25, 0.3) is 0 Å². The molecule has 1 aliphatic heterocycles. The third-order valence-electron chi connectivity index (χ3n) is 3.70. The smallest absolute Gasteiger partial charge is 0.214 e. The zero-order valence-corrected chi connectivity index (χ0v) is 13.9. The van der Waals surface area contributed by atoms with Crippen LogP contribution in [0.4, 0.5) is 0 Å². The molecule has 0 radical (unpaired) electrons. The highest BCUT2D eigenvalue weighted by molar-refractivity contribution is 7.89. The first-order chi connectivity index (χ1) is 8.69. The zero-order valence-electron chi connectivity index (χ0n) is 13.1. The second-order valence-electron chi connectivity index (χ2n) is 6.80. The molecular weight excluding hydrogens is 260 g/mol. The molecule has 0 amide bonds. The van der Waals surface area contributed by atoms with E-state index in [1.807, 2.05) is 20.8 Å². The molecule has 0 aromatic heterocycles. The van der Waals surface area contributed by atoms with Gasteiger partial charge < -0.3 is 5.32 Å². The van der Waals surface area contributed by atoms with Gasteiger partial charge in [-0.3, -0.25) is 0 Å². The number of piperidine rings is 1. The number of sulfonamides is 1. The van der Waals surface area contributed by atoms with Gasteiger partial charge in [-0.25, -0.2) is 12.7 Å². The molecular formula is C14H30N2O2S. The van der Waals surface area contributed by atoms with Crippen molar-refractivity contribution in [3.05, 3.63) is 0 Å². The standard InChI is InChI=1S/C14H30N2O2S/c1-6-12-10-16(9-8-13(12)15-7-2)19(17,18)11-14(3,4)5/h12-13,15H,6-11H2,1-5H3. The van der Waals surface area contributed by atoms with E-state index < -0.39 is 10.0 Å². The molecule has 0 saturated carbocycles. The van der Waals surface area contributed by atoms with Crippen LogP contribution in [0.3, 0.4) is 0 Å². The molecule has 0 spiro atoms. The average molecular weight is 290 g/mol. The normalized spacial score (nSPS) is 26.6. The van der Waals surface area contributed by atoms with Gasteiger partial charge in [-0.1, -0.05) is 41.0 Å². The summed E-state index contributed by atoms with van der Waals surface area (Å²) < 4.78 is 26.6. The van der Waals surface area contributed by atoms with Gasteiger partial charge in [0.1, 0.15) is 0 Å². The van der Waals surface area contributed by atoms with Crippen LogP contribution >= 0.6 is 0 Å². The van der Waals surface area contributed by atoms with E-state index in [9.17, 15) is 8.42 Å². The van der Waals surface area contributed by atoms with Crippen molar-refractivity contribution in [1.82, 2.24) is 9.62 Å². The maximum atomic E-state index is 12.4. The Morgan fingerprint density at radius 2 is 1.89 bits per heavy atom. The molecule has 1 heterocycles. The molecule has 1 aliphatic rings. The Hall–Kier alpha value is -0.130. The number of nitrogens with zero attached hydrogens (tertiary/aromatic N) is 1. The Morgan fingerprint density at radius 1 is 1.26 bits per heavy atom. The summed E-state index contributed by atoms with van der Waals surface area (Å²) in [4.78, 5) is 0. The molecule has 4 nitrogen and oxygen atoms in total. The maximum absolute atomic E-state index is 12.4. The first-order valence-corrected chi connectivity index (χ1v) is 9.01. The van der Waals surface area contributed by atoms with Crippen LogP contribution in [0.5, 0.6) is 0 Å². The third kappa shape index (κ3) is 5.04. The lowest BCUT2D eigenvalue weighted by molar-refractivity contribution is 0.202. The predicted molar refractivity (Wildman–Crippen MR) is 80.7 cm³/mol. The molecule has 1 fully saturated rings. The highest BCUT2D eigenvalue weighted by atomic mass is 32.2. The van der Waals surface area contributed by atoms with Gasteiger partial charge in [-0.05, 0) is 24.3 Å². The van der Waals surface area contributed by atoms with Crippen molar-refractivity contribution in [3.63, 3.8) is 0 Å². The SMILES string of the molecule is CCNC1CCN(S(=O)(=O)CC(C)(C)C)CC1CC. The van der Waals surface area contributed by atoms with Crippen LogP contribution in [0.25, 0.3) is 0 Å². The predicted octanol–water partition coefficient (Wildman–Crippen LogP) is 2.07. The summed E-state index contributed by atoms with van der Waals surface area (Å²) in [6.45, 7) is 12.5. The minimum absolute atomic E-state index is 0.181. The summed E-state index contributed by atoms with van der Waals surface area (Å²) in [6.07, 6.45) is 1.95. The quantitative estimate of drug-likeness (QED) is 0.843. The molecule has 1 N–H and O–H groups in total. The second kappa shape index (κ2) is 6.55. The lowest BCUT2D eigenvalue weighted by Crippen LogP contribution is -2.51. The third-order valence-corrected chi connectivity index (χ3v) is 6.05. The molecule has 2 unspecified atom stereocenters. The molecule has 1 rings (SSSR count). The van der Waals surface area contributed by atoms with Crippen LogP contribution in [0.1, 0.15) is 47.5 Å². The molecule has 5 heteroatoms. The molecule has 1 saturated heterocycles. The summed E-state index contributed by atoms with van der Waals surface area (Å²) in [5.41, 5.74) is -0.181. The Bertz CT molecular complexity index is 373. The van der Waals surface area contributed by atoms with Crippen molar-refractivity contribution in [1.29, 1.82) is 0 Å². The summed E-state index contributed by atoms with van der Waals surface area (Å²) in [7, 11) is -3.12. The minimum atomic E-state index is -3.12. The Balaban J connectivity index is 2.72. The molecule has 0 aliphatic carbocycles. The fourth-order valence-corrected chi connectivity index (χ4v) is 4.91. The lowest BCUT2D eigenvalue weighted by atomic mass is 9.91. The maximum Gasteiger partial charge on any atom is 0.214 e. The van der Waals surface area contributed by atoms with Gasteiger partial charge in [0.2, 0.25) is 10.0 Å². The Labute approximate surface area is 119 Å². The fourth-order valence-electron chi connectivity index (χ4n) is 2.83. The zero-order chi connectivity index (χ0) is 14.7. The van der Waals surface area contributed by atoms with Crippen LogP contribution in [0.2, 0.25) is 0 Å². The largest absolute Gasteiger partial charge is 0.314 e. The van der Waals surface area contributed by atoms with E-state index in [4.69, 9.17) is 0 Å². The van der Waals surface area contributed by atoms with Gasteiger partial charge in [-0.15, -0.1) is 0 Å². The first-order valence-electron chi connectivity index (χ1n) is 7.41. The second-order valence-corrected chi connectivity index (χ2v) is 8.76. The Kier molecular flexibility index (Phi) is 5.83. The summed E-state index contributed by atoms with van der Waals surface area (Å²) in [6, 6.07) is 0.469. The summed E-state index contributed by atoms with van der Waals surface area (Å²) in [5.74, 6) is 0.672. The van der Waals surface area contributed by atoms with E-state index in [2.05, 4.69) is 19.2 Å². The van der Waals surface area contributed by atoms with Crippen LogP contribution in [0.15, 0.2) is 0 Å². The number of hydrogen-bond donors (Lipinski definition) is 1. The number of rotatable bonds is 5. The molecule has 0 aromatic carbocycles. The summed E-state index contributed by atoms with van der Waals surface area (Å²) in [5, 5.41) is 3.48. The molecule has 19 heavy (non-hydrogen) atoms. The van der Waals surface area contributed by atoms with E-state index in [1.54, 1.807) is 4.31 Å². The minimum Gasteiger partial charge on any atom is -0.314 e. The van der Waals surface area contributed by atoms with Gasteiger partial charge >= 0.3 is 0 Å². The van der Waals surface area contributed by atoms with Crippen molar-refractivity contribution < 1.29 is 8.42 Å². The Morgan fingerprint density at radius 3 is 2.37 bits per heavy atom. The molecule has 2 atom stereocenters. The van der Waals surface area contributed by atoms with Crippen LogP contribution < -0.4 is 5.32 Å². The lowest BCUT2D eigenvalue weighted by Gasteiger charge is -2.38. The van der Waals surface area contributed by atoms with Crippen molar-refractivity contribution >= 4 is 10.0 Å². The van der Waals surface area contributed by atoms with E-state index in [1.165, 1.54) is 0 Å². The van der Waals surface area contributed by atoms with Crippen LogP contribution in [0, 0.1) is 11.3 Å². The topological polar surface area (TPSA) is 49.4 Å². The van der Waals surface area contributed by atoms with Gasteiger partial charge in [0.15, 0.2) is 0 Å². The highest BCUT2D eigenvalue weighted by Gasteiger charge is 2.35. The number of hydrogen-bond acceptors (Lipinski definition) is 3. The van der Waals surface area contributed by atoms with E-state index in [0.717, 1.165) is 19.4 Å². The first kappa shape index (κ1) is 16.9. The molecule has 0 bridgehead atoms. The van der Waals surface area contributed by atoms with Gasteiger partial charge in [0, 0.05) is 19.1 Å². The molecule has 114 valence electrons. The highest BCUT2D eigenvalue weighted by Crippen LogP contribution is 2.25. The van der Waals surface area contributed by atoms with Crippen molar-refractivity contribution in [2.24, 2.45) is 11.3 Å². The van der Waals surface area contributed by atoms with E-state index >= 15 is 0 Å². The van der Waals surface area contributed by atoms with Crippen molar-refractivity contribution in [2.75, 3.05) is 25.4 Å².